The molecule has 0 radical (unpaired) electrons. The molecule has 1 rings (SSSR count). The number of carboxylic acids is 1. The van der Waals surface area contributed by atoms with Crippen LogP contribution in [-0.2, 0) is 4.79 Å². The monoisotopic (exact) mass is 279 g/mol. The van der Waals surface area contributed by atoms with Gasteiger partial charge in [-0.3, -0.25) is 9.59 Å². The Kier molecular flexibility index (Phi) is 6.73. The first-order chi connectivity index (χ1) is 9.58. The Labute approximate surface area is 118 Å². The van der Waals surface area contributed by atoms with E-state index in [4.69, 9.17) is 9.84 Å². The molecule has 1 aromatic rings. The zero-order valence-electron chi connectivity index (χ0n) is 11.9. The molecule has 0 saturated carbocycles. The van der Waals surface area contributed by atoms with Crippen molar-refractivity contribution in [3.05, 3.63) is 29.8 Å². The standard InChI is InChI=1S/C15H21NO4/c1-3-4-9-16-13(10-14(17)18)15(19)11-5-7-12(20-2)8-6-11/h5-8,13,16H,3-4,9-10H2,1-2H3,(H,17,18). The fourth-order valence-corrected chi connectivity index (χ4v) is 1.84. The quantitative estimate of drug-likeness (QED) is 0.535. The van der Waals surface area contributed by atoms with E-state index in [2.05, 4.69) is 5.32 Å². The number of benzene rings is 1. The van der Waals surface area contributed by atoms with Crippen LogP contribution >= 0.6 is 0 Å². The van der Waals surface area contributed by atoms with Crippen LogP contribution in [0.5, 0.6) is 5.75 Å². The van der Waals surface area contributed by atoms with Crippen molar-refractivity contribution in [1.29, 1.82) is 0 Å². The van der Waals surface area contributed by atoms with Gasteiger partial charge in [0.1, 0.15) is 5.75 Å². The van der Waals surface area contributed by atoms with Gasteiger partial charge < -0.3 is 15.2 Å². The Bertz CT molecular complexity index is 442. The van der Waals surface area contributed by atoms with Crippen molar-refractivity contribution in [1.82, 2.24) is 5.32 Å². The Morgan fingerprint density at radius 1 is 1.30 bits per heavy atom. The number of methoxy groups -OCH3 is 1. The summed E-state index contributed by atoms with van der Waals surface area (Å²) in [5.74, 6) is -0.526. The molecule has 0 aliphatic carbocycles. The minimum absolute atomic E-state index is 0.203. The van der Waals surface area contributed by atoms with Crippen molar-refractivity contribution in [2.75, 3.05) is 13.7 Å². The number of hydrogen-bond donors (Lipinski definition) is 2. The molecule has 0 aromatic heterocycles. The average Bonchev–Trinajstić information content (AvgIpc) is 2.45. The number of Topliss-reactive ketones (excluding diaryl/α,β-unsaturated/α-hetero) is 1. The van der Waals surface area contributed by atoms with Gasteiger partial charge in [-0.15, -0.1) is 0 Å². The van der Waals surface area contributed by atoms with Gasteiger partial charge in [0.05, 0.1) is 19.6 Å². The van der Waals surface area contributed by atoms with E-state index in [1.165, 1.54) is 0 Å². The largest absolute Gasteiger partial charge is 0.497 e. The van der Waals surface area contributed by atoms with Crippen molar-refractivity contribution in [3.8, 4) is 5.75 Å². The Hall–Kier alpha value is -1.88. The van der Waals surface area contributed by atoms with E-state index < -0.39 is 12.0 Å². The highest BCUT2D eigenvalue weighted by Crippen LogP contribution is 2.14. The number of ether oxygens (including phenoxy) is 1. The molecule has 0 heterocycles. The molecule has 1 aromatic carbocycles. The molecule has 5 heteroatoms. The highest BCUT2D eigenvalue weighted by molar-refractivity contribution is 6.01. The molecule has 20 heavy (non-hydrogen) atoms. The Morgan fingerprint density at radius 3 is 2.45 bits per heavy atom. The molecule has 0 spiro atoms. The van der Waals surface area contributed by atoms with E-state index in [9.17, 15) is 9.59 Å². The van der Waals surface area contributed by atoms with E-state index in [0.717, 1.165) is 12.8 Å². The van der Waals surface area contributed by atoms with Crippen molar-refractivity contribution in [2.45, 2.75) is 32.2 Å². The Balaban J connectivity index is 2.76. The van der Waals surface area contributed by atoms with E-state index in [0.29, 0.717) is 17.9 Å². The SMILES string of the molecule is CCCCNC(CC(=O)O)C(=O)c1ccc(OC)cc1. The van der Waals surface area contributed by atoms with Gasteiger partial charge in [-0.1, -0.05) is 13.3 Å². The minimum atomic E-state index is -0.985. The van der Waals surface area contributed by atoms with Crippen LogP contribution in [0.25, 0.3) is 0 Å². The third-order valence-corrected chi connectivity index (χ3v) is 2.99. The number of unbranched alkanes of at least 4 members (excludes halogenated alkanes) is 1. The molecule has 0 aliphatic rings. The second kappa shape index (κ2) is 8.32. The molecule has 110 valence electrons. The van der Waals surface area contributed by atoms with Crippen LogP contribution < -0.4 is 10.1 Å². The van der Waals surface area contributed by atoms with Crippen LogP contribution in [0.15, 0.2) is 24.3 Å². The first-order valence-corrected chi connectivity index (χ1v) is 6.72. The minimum Gasteiger partial charge on any atom is -0.497 e. The number of carbonyl (C=O) groups excluding carboxylic acids is 1. The van der Waals surface area contributed by atoms with Crippen molar-refractivity contribution in [3.63, 3.8) is 0 Å². The zero-order chi connectivity index (χ0) is 15.0. The van der Waals surface area contributed by atoms with E-state index >= 15 is 0 Å². The number of rotatable bonds is 9. The van der Waals surface area contributed by atoms with Crippen LogP contribution in [0.2, 0.25) is 0 Å². The number of carboxylic acid groups (broad SMARTS) is 1. The molecule has 0 fully saturated rings. The summed E-state index contributed by atoms with van der Waals surface area (Å²) in [6.45, 7) is 2.68. The molecule has 0 saturated heterocycles. The van der Waals surface area contributed by atoms with Crippen molar-refractivity contribution in [2.24, 2.45) is 0 Å². The molecule has 1 atom stereocenters. The maximum absolute atomic E-state index is 12.3. The fraction of sp³-hybridized carbons (Fsp3) is 0.467. The lowest BCUT2D eigenvalue weighted by atomic mass is 10.0. The van der Waals surface area contributed by atoms with Gasteiger partial charge in [0.25, 0.3) is 0 Å². The average molecular weight is 279 g/mol. The highest BCUT2D eigenvalue weighted by Gasteiger charge is 2.22. The van der Waals surface area contributed by atoms with Gasteiger partial charge in [-0.2, -0.15) is 0 Å². The van der Waals surface area contributed by atoms with Crippen LogP contribution in [0.3, 0.4) is 0 Å². The lowest BCUT2D eigenvalue weighted by Gasteiger charge is -2.16. The van der Waals surface area contributed by atoms with Gasteiger partial charge >= 0.3 is 5.97 Å². The number of aliphatic carboxylic acids is 1. The van der Waals surface area contributed by atoms with E-state index in [-0.39, 0.29) is 12.2 Å². The summed E-state index contributed by atoms with van der Waals surface area (Å²) in [5.41, 5.74) is 0.487. The third kappa shape index (κ3) is 5.01. The van der Waals surface area contributed by atoms with Gasteiger partial charge in [0.2, 0.25) is 0 Å². The highest BCUT2D eigenvalue weighted by atomic mass is 16.5. The first kappa shape index (κ1) is 16.2. The summed E-state index contributed by atoms with van der Waals surface area (Å²) >= 11 is 0. The summed E-state index contributed by atoms with van der Waals surface area (Å²) in [6.07, 6.45) is 1.68. The topological polar surface area (TPSA) is 75.6 Å². The predicted octanol–water partition coefficient (Wildman–Crippen LogP) is 2.11. The molecule has 0 amide bonds. The van der Waals surface area contributed by atoms with Crippen molar-refractivity contribution >= 4 is 11.8 Å². The second-order valence-electron chi connectivity index (χ2n) is 4.55. The van der Waals surface area contributed by atoms with Gasteiger partial charge in [-0.25, -0.2) is 0 Å². The summed E-state index contributed by atoms with van der Waals surface area (Å²) in [5, 5.41) is 11.9. The van der Waals surface area contributed by atoms with E-state index in [1.54, 1.807) is 31.4 Å². The smallest absolute Gasteiger partial charge is 0.305 e. The summed E-state index contributed by atoms with van der Waals surface area (Å²) in [6, 6.07) is 6.00. The van der Waals surface area contributed by atoms with Crippen molar-refractivity contribution < 1.29 is 19.4 Å². The van der Waals surface area contributed by atoms with Gasteiger partial charge in [-0.05, 0) is 37.2 Å². The number of carbonyl (C=O) groups is 2. The van der Waals surface area contributed by atoms with Gasteiger partial charge in [0, 0.05) is 5.56 Å². The summed E-state index contributed by atoms with van der Waals surface area (Å²) in [4.78, 5) is 23.2. The van der Waals surface area contributed by atoms with E-state index in [1.807, 2.05) is 6.92 Å². The number of hydrogen-bond acceptors (Lipinski definition) is 4. The van der Waals surface area contributed by atoms with Crippen LogP contribution in [0.1, 0.15) is 36.5 Å². The van der Waals surface area contributed by atoms with Crippen LogP contribution in [0, 0.1) is 0 Å². The number of ketones is 1. The molecule has 0 aliphatic heterocycles. The first-order valence-electron chi connectivity index (χ1n) is 6.72. The summed E-state index contributed by atoms with van der Waals surface area (Å²) in [7, 11) is 1.55. The molecule has 1 unspecified atom stereocenters. The zero-order valence-corrected chi connectivity index (χ0v) is 11.9. The lowest BCUT2D eigenvalue weighted by molar-refractivity contribution is -0.137. The molecule has 5 nitrogen and oxygen atoms in total. The lowest BCUT2D eigenvalue weighted by Crippen LogP contribution is -2.39. The van der Waals surface area contributed by atoms with Crippen LogP contribution in [0.4, 0.5) is 0 Å². The van der Waals surface area contributed by atoms with Gasteiger partial charge in [0.15, 0.2) is 5.78 Å². The molecule has 0 bridgehead atoms. The maximum Gasteiger partial charge on any atom is 0.305 e. The second-order valence-corrected chi connectivity index (χ2v) is 4.55. The Morgan fingerprint density at radius 2 is 1.95 bits per heavy atom. The summed E-state index contributed by atoms with van der Waals surface area (Å²) < 4.78 is 5.03. The normalized spacial score (nSPS) is 11.9. The van der Waals surface area contributed by atoms with Crippen LogP contribution in [-0.4, -0.2) is 36.6 Å². The molecular formula is C15H21NO4. The maximum atomic E-state index is 12.3. The fourth-order valence-electron chi connectivity index (χ4n) is 1.84. The predicted molar refractivity (Wildman–Crippen MR) is 76.3 cm³/mol. The third-order valence-electron chi connectivity index (χ3n) is 2.99. The molecular weight excluding hydrogens is 258 g/mol. The number of nitrogens with one attached hydrogen (secondary N) is 1. The molecule has 2 N–H and O–H groups in total.